The molecule has 3 aliphatic rings. The van der Waals surface area contributed by atoms with Crippen LogP contribution in [-0.2, 0) is 14.8 Å². The lowest BCUT2D eigenvalue weighted by atomic mass is 9.98. The van der Waals surface area contributed by atoms with Gasteiger partial charge in [0.05, 0.1) is 21.6 Å². The summed E-state index contributed by atoms with van der Waals surface area (Å²) in [6.07, 6.45) is 8.99. The number of anilines is 2. The Morgan fingerprint density at radius 3 is 2.60 bits per heavy atom. The van der Waals surface area contributed by atoms with Gasteiger partial charge in [-0.15, -0.1) is 0 Å². The number of fused-ring (bicyclic) bond motifs is 1. The lowest BCUT2D eigenvalue weighted by Gasteiger charge is -2.40. The minimum absolute atomic E-state index is 0.0322. The molecule has 5 aromatic rings. The number of aromatic nitrogens is 2. The monoisotopic (exact) mass is 813 g/mol. The summed E-state index contributed by atoms with van der Waals surface area (Å²) in [6, 6.07) is 21.0. The van der Waals surface area contributed by atoms with Crippen LogP contribution in [0.1, 0.15) is 60.5 Å². The van der Waals surface area contributed by atoms with Crippen LogP contribution in [0.3, 0.4) is 0 Å². The standard InChI is InChI=1S/C41H44ClN7O7S/c42-35-5-2-1-4-33(35)37-6-3-17-48(37)29-12-18-47(19-13-29)30-7-9-34(39(23-30)56-31-22-28-11-16-43-40(28)45-26-31)41(50)46-57(53,54)32-8-10-36(38(24-32)49(51)52)44-25-27-14-20-55-21-15-27/h1-2,4-5,7-11,16,22-24,26-27,29,37,44H,3,6,12-15,17-21,25H2,(H,43,45)(H,46,50). The van der Waals surface area contributed by atoms with Crippen LogP contribution in [0.25, 0.3) is 11.0 Å². The van der Waals surface area contributed by atoms with E-state index < -0.39 is 31.4 Å². The summed E-state index contributed by atoms with van der Waals surface area (Å²) < 4.78 is 41.0. The lowest BCUT2D eigenvalue weighted by Crippen LogP contribution is -2.44. The highest BCUT2D eigenvalue weighted by Gasteiger charge is 2.35. The van der Waals surface area contributed by atoms with Crippen molar-refractivity contribution < 1.29 is 27.6 Å². The van der Waals surface area contributed by atoms with Crippen LogP contribution in [0.4, 0.5) is 17.1 Å². The first-order chi connectivity index (χ1) is 27.6. The fourth-order valence-corrected chi connectivity index (χ4v) is 9.51. The Morgan fingerprint density at radius 1 is 1.00 bits per heavy atom. The summed E-state index contributed by atoms with van der Waals surface area (Å²) in [5.74, 6) is -0.181. The van der Waals surface area contributed by atoms with Crippen molar-refractivity contribution in [3.05, 3.63) is 111 Å². The van der Waals surface area contributed by atoms with Gasteiger partial charge in [-0.2, -0.15) is 0 Å². The predicted molar refractivity (Wildman–Crippen MR) is 218 cm³/mol. The number of carbonyl (C=O) groups excluding carboxylic acids is 1. The number of benzene rings is 3. The Morgan fingerprint density at radius 2 is 1.81 bits per heavy atom. The zero-order valence-electron chi connectivity index (χ0n) is 31.2. The van der Waals surface area contributed by atoms with Gasteiger partial charge in [-0.3, -0.25) is 19.8 Å². The molecule has 57 heavy (non-hydrogen) atoms. The van der Waals surface area contributed by atoms with E-state index in [0.29, 0.717) is 43.2 Å². The number of ether oxygens (including phenoxy) is 2. The Balaban J connectivity index is 1.01. The molecule has 0 radical (unpaired) electrons. The van der Waals surface area contributed by atoms with Crippen LogP contribution in [0.15, 0.2) is 90.1 Å². The van der Waals surface area contributed by atoms with E-state index in [0.717, 1.165) is 80.3 Å². The summed E-state index contributed by atoms with van der Waals surface area (Å²) in [4.78, 5) is 37.1. The molecular weight excluding hydrogens is 770 g/mol. The van der Waals surface area contributed by atoms with Crippen molar-refractivity contribution in [3.63, 3.8) is 0 Å². The van der Waals surface area contributed by atoms with E-state index >= 15 is 0 Å². The van der Waals surface area contributed by atoms with Crippen LogP contribution >= 0.6 is 11.6 Å². The Labute approximate surface area is 335 Å². The third-order valence-electron chi connectivity index (χ3n) is 11.3. The van der Waals surface area contributed by atoms with Crippen molar-refractivity contribution in [1.82, 2.24) is 19.6 Å². The van der Waals surface area contributed by atoms with Crippen LogP contribution in [0, 0.1) is 16.0 Å². The molecular formula is C41H44ClN7O7S. The van der Waals surface area contributed by atoms with Gasteiger partial charge >= 0.3 is 0 Å². The van der Waals surface area contributed by atoms with Gasteiger partial charge in [0.2, 0.25) is 0 Å². The van der Waals surface area contributed by atoms with Gasteiger partial charge in [0.15, 0.2) is 0 Å². The topological polar surface area (TPSA) is 172 Å². The summed E-state index contributed by atoms with van der Waals surface area (Å²) in [5, 5.41) is 16.7. The lowest BCUT2D eigenvalue weighted by molar-refractivity contribution is -0.384. The highest BCUT2D eigenvalue weighted by Crippen LogP contribution is 2.40. The number of pyridine rings is 1. The Kier molecular flexibility index (Phi) is 11.3. The van der Waals surface area contributed by atoms with Gasteiger partial charge in [0.25, 0.3) is 21.6 Å². The number of rotatable bonds is 12. The number of amides is 1. The molecule has 0 saturated carbocycles. The molecule has 1 atom stereocenters. The summed E-state index contributed by atoms with van der Waals surface area (Å²) in [5.41, 5.74) is 2.42. The van der Waals surface area contributed by atoms with E-state index in [9.17, 15) is 23.3 Å². The predicted octanol–water partition coefficient (Wildman–Crippen LogP) is 7.68. The smallest absolute Gasteiger partial charge is 0.293 e. The number of carbonyl (C=O) groups is 1. The van der Waals surface area contributed by atoms with Crippen LogP contribution in [0.5, 0.6) is 11.5 Å². The normalized spacial score (nSPS) is 18.5. The highest BCUT2D eigenvalue weighted by molar-refractivity contribution is 7.90. The molecule has 3 saturated heterocycles. The summed E-state index contributed by atoms with van der Waals surface area (Å²) >= 11 is 6.62. The van der Waals surface area contributed by atoms with Crippen molar-refractivity contribution in [2.75, 3.05) is 49.6 Å². The number of nitrogens with zero attached hydrogens (tertiary/aromatic N) is 4. The molecule has 1 unspecified atom stereocenters. The van der Waals surface area contributed by atoms with Crippen LogP contribution < -0.4 is 19.7 Å². The third kappa shape index (κ3) is 8.56. The second-order valence-corrected chi connectivity index (χ2v) is 16.9. The molecule has 1 amide bonds. The molecule has 3 N–H and O–H groups in total. The number of halogens is 1. The first-order valence-corrected chi connectivity index (χ1v) is 21.2. The number of likely N-dealkylation sites (tertiary alicyclic amines) is 1. The minimum Gasteiger partial charge on any atom is -0.455 e. The molecule has 298 valence electrons. The van der Waals surface area contributed by atoms with Gasteiger partial charge in [0.1, 0.15) is 22.8 Å². The number of nitro groups is 1. The second-order valence-electron chi connectivity index (χ2n) is 14.8. The van der Waals surface area contributed by atoms with Crippen molar-refractivity contribution in [2.24, 2.45) is 5.92 Å². The highest BCUT2D eigenvalue weighted by atomic mass is 35.5. The number of nitro benzene ring substituents is 1. The maximum atomic E-state index is 13.9. The zero-order valence-corrected chi connectivity index (χ0v) is 32.8. The van der Waals surface area contributed by atoms with E-state index in [1.807, 2.05) is 24.3 Å². The summed E-state index contributed by atoms with van der Waals surface area (Å²) in [7, 11) is -4.54. The van der Waals surface area contributed by atoms with Crippen molar-refractivity contribution in [3.8, 4) is 11.5 Å². The van der Waals surface area contributed by atoms with Crippen molar-refractivity contribution in [2.45, 2.75) is 55.5 Å². The molecule has 14 nitrogen and oxygen atoms in total. The first-order valence-electron chi connectivity index (χ1n) is 19.3. The van der Waals surface area contributed by atoms with Crippen LogP contribution in [-0.4, -0.2) is 79.6 Å². The molecule has 0 spiro atoms. The molecule has 0 aliphatic carbocycles. The van der Waals surface area contributed by atoms with Crippen molar-refractivity contribution >= 4 is 55.6 Å². The largest absolute Gasteiger partial charge is 0.455 e. The van der Waals surface area contributed by atoms with E-state index in [1.54, 1.807) is 30.5 Å². The molecule has 5 heterocycles. The summed E-state index contributed by atoms with van der Waals surface area (Å²) in [6.45, 7) is 4.30. The maximum Gasteiger partial charge on any atom is 0.293 e. The van der Waals surface area contributed by atoms with E-state index in [-0.39, 0.29) is 22.9 Å². The van der Waals surface area contributed by atoms with Crippen molar-refractivity contribution in [1.29, 1.82) is 0 Å². The maximum absolute atomic E-state index is 13.9. The third-order valence-corrected chi connectivity index (χ3v) is 13.0. The number of piperidine rings is 1. The van der Waals surface area contributed by atoms with E-state index in [1.165, 1.54) is 23.9 Å². The van der Waals surface area contributed by atoms with E-state index in [2.05, 4.69) is 35.9 Å². The Hall–Kier alpha value is -5.22. The number of H-pyrrole nitrogens is 1. The molecule has 8 rings (SSSR count). The average Bonchev–Trinajstić information content (AvgIpc) is 3.91. The number of aromatic amines is 1. The SMILES string of the molecule is O=C(NS(=O)(=O)c1ccc(NCC2CCOCC2)c([N+](=O)[O-])c1)c1ccc(N2CCC(N3CCCC3c3ccccc3Cl)CC2)cc1Oc1cnc2[nH]ccc2c1. The molecule has 3 aliphatic heterocycles. The molecule has 3 aromatic carbocycles. The van der Waals surface area contributed by atoms with E-state index in [4.69, 9.17) is 21.1 Å². The number of hydrogen-bond donors (Lipinski definition) is 3. The number of nitrogens with one attached hydrogen (secondary N) is 3. The quantitative estimate of drug-likeness (QED) is 0.0834. The van der Waals surface area contributed by atoms with Gasteiger partial charge in [0, 0.05) is 79.4 Å². The molecule has 3 fully saturated rings. The fraction of sp³-hybridized carbons (Fsp3) is 0.366. The first kappa shape index (κ1) is 38.6. The van der Waals surface area contributed by atoms with Gasteiger partial charge in [-0.1, -0.05) is 29.8 Å². The molecule has 16 heteroatoms. The van der Waals surface area contributed by atoms with Gasteiger partial charge < -0.3 is 24.7 Å². The number of hydrogen-bond acceptors (Lipinski definition) is 11. The zero-order chi connectivity index (χ0) is 39.5. The minimum atomic E-state index is -4.54. The van der Waals surface area contributed by atoms with Gasteiger partial charge in [-0.05, 0) is 99.0 Å². The fourth-order valence-electron chi connectivity index (χ4n) is 8.26. The second kappa shape index (κ2) is 16.7. The van der Waals surface area contributed by atoms with Gasteiger partial charge in [-0.25, -0.2) is 18.1 Å². The average molecular weight is 814 g/mol. The Bertz CT molecular complexity index is 2380. The van der Waals surface area contributed by atoms with Crippen LogP contribution in [0.2, 0.25) is 5.02 Å². The molecule has 0 bridgehead atoms. The molecule has 2 aromatic heterocycles. The number of sulfonamides is 1.